The number of hydrogen-bond acceptors (Lipinski definition) is 5. The third-order valence-corrected chi connectivity index (χ3v) is 8.47. The Hall–Kier alpha value is -4.25. The Morgan fingerprint density at radius 3 is 2.07 bits per heavy atom. The van der Waals surface area contributed by atoms with Crippen molar-refractivity contribution in [2.45, 2.75) is 12.3 Å². The number of thiazole rings is 1. The first kappa shape index (κ1) is 30.2. The molecule has 4 aromatic carbocycles. The number of hydrogen-bond donors (Lipinski definition) is 2. The maximum absolute atomic E-state index is 15.0. The van der Waals surface area contributed by atoms with E-state index in [2.05, 4.69) is 15.0 Å². The Morgan fingerprint density at radius 1 is 0.907 bits per heavy atom. The summed E-state index contributed by atoms with van der Waals surface area (Å²) in [7, 11) is -3.42. The van der Waals surface area contributed by atoms with Gasteiger partial charge in [0.15, 0.2) is 5.13 Å². The molecule has 0 fully saturated rings. The van der Waals surface area contributed by atoms with Gasteiger partial charge in [0.05, 0.1) is 11.9 Å². The van der Waals surface area contributed by atoms with Crippen LogP contribution in [0.2, 0.25) is 4.34 Å². The highest BCUT2D eigenvalue weighted by atomic mass is 35.5. The lowest BCUT2D eigenvalue weighted by Crippen LogP contribution is -2.37. The van der Waals surface area contributed by atoms with Gasteiger partial charge in [0.2, 0.25) is 10.0 Å². The van der Waals surface area contributed by atoms with Gasteiger partial charge in [0.25, 0.3) is 0 Å². The Morgan fingerprint density at radius 2 is 1.49 bits per heavy atom. The van der Waals surface area contributed by atoms with Crippen molar-refractivity contribution in [1.29, 1.82) is 0 Å². The molecule has 0 aliphatic heterocycles. The van der Waals surface area contributed by atoms with E-state index in [9.17, 15) is 13.2 Å². The molecule has 7 nitrogen and oxygen atoms in total. The number of carbonyl (C=O) groups excluding carboxylic acids is 1. The van der Waals surface area contributed by atoms with Crippen molar-refractivity contribution in [3.8, 4) is 11.3 Å². The predicted molar refractivity (Wildman–Crippen MR) is 173 cm³/mol. The number of nitrogens with one attached hydrogen (secondary N) is 2. The molecule has 0 saturated heterocycles. The summed E-state index contributed by atoms with van der Waals surface area (Å²) >= 11 is 7.57. The number of para-hydroxylation sites is 1. The van der Waals surface area contributed by atoms with Crippen molar-refractivity contribution in [3.63, 3.8) is 0 Å². The van der Waals surface area contributed by atoms with E-state index in [0.29, 0.717) is 27.7 Å². The van der Waals surface area contributed by atoms with Gasteiger partial charge in [0, 0.05) is 23.7 Å². The average Bonchev–Trinajstić information content (AvgIpc) is 3.36. The van der Waals surface area contributed by atoms with Crippen LogP contribution in [0.4, 0.5) is 25.7 Å². The fourth-order valence-electron chi connectivity index (χ4n) is 4.76. The molecule has 5 rings (SSSR count). The largest absolute Gasteiger partial charge is 0.328 e. The number of urea groups is 1. The molecule has 1 aromatic heterocycles. The molecule has 11 heteroatoms. The summed E-state index contributed by atoms with van der Waals surface area (Å²) in [6.45, 7) is 0.224. The van der Waals surface area contributed by atoms with E-state index in [1.807, 2.05) is 60.7 Å². The van der Waals surface area contributed by atoms with Crippen LogP contribution in [0.3, 0.4) is 0 Å². The number of amides is 2. The minimum Gasteiger partial charge on any atom is -0.291 e. The lowest BCUT2D eigenvalue weighted by molar-refractivity contribution is 0.256. The summed E-state index contributed by atoms with van der Waals surface area (Å²) in [5, 5.41) is 3.04. The average molecular weight is 635 g/mol. The van der Waals surface area contributed by atoms with E-state index >= 15 is 4.39 Å². The first-order valence-electron chi connectivity index (χ1n) is 13.4. The topological polar surface area (TPSA) is 91.4 Å². The van der Waals surface area contributed by atoms with Gasteiger partial charge in [0.1, 0.15) is 15.8 Å². The lowest BCUT2D eigenvalue weighted by Gasteiger charge is -2.26. The minimum atomic E-state index is -3.42. The van der Waals surface area contributed by atoms with Crippen LogP contribution in [-0.4, -0.2) is 32.2 Å². The number of aromatic nitrogens is 1. The number of rotatable bonds is 10. The zero-order chi connectivity index (χ0) is 30.4. The Labute approximate surface area is 259 Å². The highest BCUT2D eigenvalue weighted by molar-refractivity contribution is 7.92. The number of carbonyl (C=O) groups is 1. The molecular weight excluding hydrogens is 607 g/mol. The van der Waals surface area contributed by atoms with Crippen LogP contribution in [-0.2, 0) is 10.0 Å². The highest BCUT2D eigenvalue weighted by Gasteiger charge is 2.24. The van der Waals surface area contributed by atoms with Gasteiger partial charge >= 0.3 is 6.03 Å². The van der Waals surface area contributed by atoms with Crippen LogP contribution in [0.5, 0.6) is 0 Å². The van der Waals surface area contributed by atoms with Crippen molar-refractivity contribution >= 4 is 55.5 Å². The monoisotopic (exact) mass is 634 g/mol. The summed E-state index contributed by atoms with van der Waals surface area (Å²) in [4.78, 5) is 19.6. The van der Waals surface area contributed by atoms with Gasteiger partial charge in [-0.3, -0.25) is 14.9 Å². The number of halogens is 2. The quantitative estimate of drug-likeness (QED) is 0.162. The van der Waals surface area contributed by atoms with Crippen LogP contribution in [0, 0.1) is 5.82 Å². The zero-order valence-corrected chi connectivity index (χ0v) is 25.5. The van der Waals surface area contributed by atoms with Gasteiger partial charge in [-0.15, -0.1) is 0 Å². The Balaban J connectivity index is 1.39. The van der Waals surface area contributed by atoms with Gasteiger partial charge in [-0.1, -0.05) is 108 Å². The fourth-order valence-corrected chi connectivity index (χ4v) is 6.40. The molecule has 0 spiro atoms. The molecule has 0 radical (unpaired) electrons. The third-order valence-electron chi connectivity index (χ3n) is 6.69. The van der Waals surface area contributed by atoms with Crippen molar-refractivity contribution < 1.29 is 17.6 Å². The molecule has 0 atom stereocenters. The highest BCUT2D eigenvalue weighted by Crippen LogP contribution is 2.36. The standard InChI is InChI=1S/C32H28ClFN4O3S2/c1-43(40,41)37-25-18-16-24(17-19-25)29-30(33)42-31(35-29)36-32(39)38(28-15-9-8-14-27(28)34)21-20-26(22-10-4-2-5-11-22)23-12-6-3-7-13-23/h2-19,26,37H,20-21H2,1H3,(H,35,36,39). The predicted octanol–water partition coefficient (Wildman–Crippen LogP) is 8.23. The van der Waals surface area contributed by atoms with E-state index in [4.69, 9.17) is 11.6 Å². The summed E-state index contributed by atoms with van der Waals surface area (Å²) in [5.41, 5.74) is 3.81. The van der Waals surface area contributed by atoms with Crippen molar-refractivity contribution in [1.82, 2.24) is 4.98 Å². The zero-order valence-electron chi connectivity index (χ0n) is 23.1. The van der Waals surface area contributed by atoms with E-state index in [1.165, 1.54) is 11.0 Å². The summed E-state index contributed by atoms with van der Waals surface area (Å²) in [6.07, 6.45) is 1.61. The summed E-state index contributed by atoms with van der Waals surface area (Å²) < 4.78 is 40.8. The van der Waals surface area contributed by atoms with Gasteiger partial charge < -0.3 is 0 Å². The molecule has 5 aromatic rings. The molecule has 0 aliphatic rings. The molecule has 220 valence electrons. The molecule has 43 heavy (non-hydrogen) atoms. The van der Waals surface area contributed by atoms with Crippen LogP contribution >= 0.6 is 22.9 Å². The molecule has 0 bridgehead atoms. The number of sulfonamides is 1. The molecule has 0 unspecified atom stereocenters. The fraction of sp³-hybridized carbons (Fsp3) is 0.125. The Kier molecular flexibility index (Phi) is 9.40. The second kappa shape index (κ2) is 13.4. The minimum absolute atomic E-state index is 0.0226. The lowest BCUT2D eigenvalue weighted by atomic mass is 9.88. The normalized spacial score (nSPS) is 11.3. The van der Waals surface area contributed by atoms with E-state index < -0.39 is 21.9 Å². The molecular formula is C32H28ClFN4O3S2. The van der Waals surface area contributed by atoms with E-state index in [0.717, 1.165) is 28.7 Å². The number of anilines is 3. The second-order valence-corrected chi connectivity index (χ2v) is 13.1. The van der Waals surface area contributed by atoms with Gasteiger partial charge in [-0.2, -0.15) is 0 Å². The van der Waals surface area contributed by atoms with E-state index in [1.54, 1.807) is 42.5 Å². The molecule has 0 saturated carbocycles. The number of nitrogens with zero attached hydrogens (tertiary/aromatic N) is 2. The third kappa shape index (κ3) is 7.78. The van der Waals surface area contributed by atoms with Crippen LogP contribution in [0.15, 0.2) is 109 Å². The molecule has 2 N–H and O–H groups in total. The van der Waals surface area contributed by atoms with Crippen LogP contribution < -0.4 is 14.9 Å². The molecule has 1 heterocycles. The summed E-state index contributed by atoms with van der Waals surface area (Å²) in [6, 6.07) is 32.2. The van der Waals surface area contributed by atoms with Gasteiger partial charge in [-0.25, -0.2) is 22.6 Å². The van der Waals surface area contributed by atoms with Crippen molar-refractivity contribution in [2.24, 2.45) is 0 Å². The van der Waals surface area contributed by atoms with Crippen molar-refractivity contribution in [2.75, 3.05) is 27.7 Å². The maximum Gasteiger partial charge on any atom is 0.328 e. The van der Waals surface area contributed by atoms with E-state index in [-0.39, 0.29) is 23.3 Å². The summed E-state index contributed by atoms with van der Waals surface area (Å²) in [5.74, 6) is -0.542. The molecule has 2 amide bonds. The van der Waals surface area contributed by atoms with Gasteiger partial charge in [-0.05, 0) is 41.8 Å². The smallest absolute Gasteiger partial charge is 0.291 e. The second-order valence-electron chi connectivity index (χ2n) is 9.79. The first-order valence-corrected chi connectivity index (χ1v) is 16.4. The molecule has 0 aliphatic carbocycles. The maximum atomic E-state index is 15.0. The van der Waals surface area contributed by atoms with Crippen LogP contribution in [0.1, 0.15) is 23.5 Å². The number of benzene rings is 4. The SMILES string of the molecule is CS(=O)(=O)Nc1ccc(-c2nc(NC(=O)N(CCC(c3ccccc3)c3ccccc3)c3ccccc3F)sc2Cl)cc1. The van der Waals surface area contributed by atoms with Crippen molar-refractivity contribution in [3.05, 3.63) is 130 Å². The Bertz CT molecular complexity index is 1760. The van der Waals surface area contributed by atoms with Crippen LogP contribution in [0.25, 0.3) is 11.3 Å². The first-order chi connectivity index (χ1) is 20.7.